The van der Waals surface area contributed by atoms with Gasteiger partial charge < -0.3 is 15.2 Å². The lowest BCUT2D eigenvalue weighted by Crippen LogP contribution is -2.14. The van der Waals surface area contributed by atoms with Crippen molar-refractivity contribution in [1.82, 2.24) is 24.6 Å². The Morgan fingerprint density at radius 1 is 1.18 bits per heavy atom. The summed E-state index contributed by atoms with van der Waals surface area (Å²) in [5.74, 6) is 4.39. The Labute approximate surface area is 186 Å². The molecule has 1 aromatic carbocycles. The van der Waals surface area contributed by atoms with E-state index in [1.807, 2.05) is 6.07 Å². The van der Waals surface area contributed by atoms with Gasteiger partial charge in [-0.05, 0) is 36.3 Å². The molecule has 0 saturated carbocycles. The molecular weight excluding hydrogens is 426 g/mol. The predicted molar refractivity (Wildman–Crippen MR) is 114 cm³/mol. The molecule has 2 N–H and O–H groups in total. The normalized spacial score (nSPS) is 10.1. The van der Waals surface area contributed by atoms with E-state index in [1.54, 1.807) is 12.3 Å². The lowest BCUT2D eigenvalue weighted by Gasteiger charge is -2.08. The van der Waals surface area contributed by atoms with E-state index in [2.05, 4.69) is 37.3 Å². The third-order valence-electron chi connectivity index (χ3n) is 4.43. The van der Waals surface area contributed by atoms with Gasteiger partial charge in [-0.1, -0.05) is 5.92 Å². The van der Waals surface area contributed by atoms with Gasteiger partial charge in [0.05, 0.1) is 24.9 Å². The molecule has 0 aliphatic heterocycles. The van der Waals surface area contributed by atoms with Gasteiger partial charge in [0.1, 0.15) is 17.6 Å². The van der Waals surface area contributed by atoms with Gasteiger partial charge in [0.25, 0.3) is 5.91 Å². The van der Waals surface area contributed by atoms with Crippen LogP contribution in [0.1, 0.15) is 37.7 Å². The first-order valence-electron chi connectivity index (χ1n) is 9.29. The minimum atomic E-state index is -1.13. The zero-order chi connectivity index (χ0) is 23.4. The number of nitrogens with zero attached hydrogens (tertiary/aromatic N) is 6. The van der Waals surface area contributed by atoms with Gasteiger partial charge in [-0.15, -0.1) is 10.2 Å². The number of nitrogens with one attached hydrogen (secondary N) is 1. The van der Waals surface area contributed by atoms with Crippen LogP contribution in [0.25, 0.3) is 5.65 Å². The van der Waals surface area contributed by atoms with Crippen LogP contribution in [0.4, 0.5) is 5.69 Å². The molecule has 3 aromatic heterocycles. The fourth-order valence-corrected chi connectivity index (χ4v) is 2.95. The number of hydrogen-bond donors (Lipinski definition) is 2. The Morgan fingerprint density at radius 3 is 2.76 bits per heavy atom. The molecule has 0 unspecified atom stereocenters. The minimum Gasteiger partial charge on any atom is -0.479 e. The number of benzene rings is 1. The average Bonchev–Trinajstić information content (AvgIpc) is 3.25. The first-order chi connectivity index (χ1) is 16.0. The Balaban J connectivity index is 1.68. The third-order valence-corrected chi connectivity index (χ3v) is 4.43. The summed E-state index contributed by atoms with van der Waals surface area (Å²) in [4.78, 5) is 31.9. The van der Waals surface area contributed by atoms with Crippen LogP contribution in [0.5, 0.6) is 5.88 Å². The molecule has 0 bridgehead atoms. The first-order valence-corrected chi connectivity index (χ1v) is 9.29. The highest BCUT2D eigenvalue weighted by Gasteiger charge is 2.14. The van der Waals surface area contributed by atoms with Crippen LogP contribution < -0.4 is 10.1 Å². The molecule has 0 aliphatic carbocycles. The molecule has 33 heavy (non-hydrogen) atoms. The van der Waals surface area contributed by atoms with Crippen molar-refractivity contribution < 1.29 is 19.4 Å². The summed E-state index contributed by atoms with van der Waals surface area (Å²) in [5.41, 5.74) is 1.19. The highest BCUT2D eigenvalue weighted by Crippen LogP contribution is 2.20. The molecule has 1 amide bonds. The number of carboxylic acids is 1. The van der Waals surface area contributed by atoms with E-state index in [1.165, 1.54) is 48.3 Å². The van der Waals surface area contributed by atoms with Gasteiger partial charge in [0, 0.05) is 17.3 Å². The van der Waals surface area contributed by atoms with Gasteiger partial charge in [-0.3, -0.25) is 9.20 Å². The predicted octanol–water partition coefficient (Wildman–Crippen LogP) is 1.75. The molecule has 0 atom stereocenters. The average molecular weight is 439 g/mol. The van der Waals surface area contributed by atoms with E-state index in [0.29, 0.717) is 5.56 Å². The van der Waals surface area contributed by atoms with Crippen molar-refractivity contribution in [2.45, 2.75) is 0 Å². The topological polar surface area (TPSA) is 155 Å². The number of ether oxygens (including phenoxy) is 1. The van der Waals surface area contributed by atoms with Gasteiger partial charge >= 0.3 is 5.97 Å². The van der Waals surface area contributed by atoms with Crippen LogP contribution in [-0.4, -0.2) is 48.7 Å². The summed E-state index contributed by atoms with van der Waals surface area (Å²) in [7, 11) is 1.41. The van der Waals surface area contributed by atoms with Crippen molar-refractivity contribution in [1.29, 1.82) is 5.26 Å². The van der Waals surface area contributed by atoms with Crippen LogP contribution in [-0.2, 0) is 0 Å². The number of amides is 1. The number of fused-ring (bicyclic) bond motifs is 1. The number of aromatic carboxylic acids is 1. The summed E-state index contributed by atoms with van der Waals surface area (Å²) < 4.78 is 6.54. The van der Waals surface area contributed by atoms with E-state index in [4.69, 9.17) is 4.74 Å². The van der Waals surface area contributed by atoms with Gasteiger partial charge in [0.15, 0.2) is 5.65 Å². The van der Waals surface area contributed by atoms with Crippen molar-refractivity contribution in [2.24, 2.45) is 0 Å². The largest absolute Gasteiger partial charge is 0.479 e. The van der Waals surface area contributed by atoms with Crippen molar-refractivity contribution in [3.8, 4) is 23.8 Å². The fraction of sp³-hybridized carbons (Fsp3) is 0.0455. The number of rotatable bonds is 4. The number of nitriles is 1. The highest BCUT2D eigenvalue weighted by molar-refractivity contribution is 6.05. The summed E-state index contributed by atoms with van der Waals surface area (Å²) in [5, 5.41) is 29.1. The Kier molecular flexibility index (Phi) is 5.61. The smallest absolute Gasteiger partial charge is 0.339 e. The first kappa shape index (κ1) is 21.0. The monoisotopic (exact) mass is 439 g/mol. The highest BCUT2D eigenvalue weighted by atomic mass is 16.5. The third kappa shape index (κ3) is 4.28. The van der Waals surface area contributed by atoms with Gasteiger partial charge in [0.2, 0.25) is 11.7 Å². The summed E-state index contributed by atoms with van der Waals surface area (Å²) in [6, 6.07) is 9.40. The molecule has 3 heterocycles. The molecule has 11 nitrogen and oxygen atoms in total. The number of anilines is 1. The molecule has 4 aromatic rings. The van der Waals surface area contributed by atoms with E-state index in [0.717, 1.165) is 0 Å². The summed E-state index contributed by atoms with van der Waals surface area (Å²) in [6.07, 6.45) is 4.26. The molecule has 160 valence electrons. The lowest BCUT2D eigenvalue weighted by atomic mass is 10.1. The van der Waals surface area contributed by atoms with Crippen LogP contribution in [0.15, 0.2) is 49.1 Å². The molecule has 11 heteroatoms. The Morgan fingerprint density at radius 2 is 2.00 bits per heavy atom. The summed E-state index contributed by atoms with van der Waals surface area (Å²) >= 11 is 0. The van der Waals surface area contributed by atoms with Crippen molar-refractivity contribution in [3.63, 3.8) is 0 Å². The van der Waals surface area contributed by atoms with Crippen molar-refractivity contribution in [2.75, 3.05) is 12.4 Å². The zero-order valence-electron chi connectivity index (χ0n) is 17.0. The van der Waals surface area contributed by atoms with E-state index in [9.17, 15) is 20.0 Å². The number of carboxylic acid groups (broad SMARTS) is 1. The molecule has 0 fully saturated rings. The lowest BCUT2D eigenvalue weighted by molar-refractivity contribution is 0.0698. The van der Waals surface area contributed by atoms with Crippen LogP contribution >= 0.6 is 0 Å². The SMILES string of the molecule is COc1ncncc1NC(=O)c1cc(C#N)cc(C#Cc2nnc3c(C(=O)O)cccn23)c1. The van der Waals surface area contributed by atoms with Gasteiger partial charge in [-0.25, -0.2) is 9.78 Å². The molecule has 0 spiro atoms. The Hall–Kier alpha value is -5.29. The molecule has 4 rings (SSSR count). The Bertz CT molecular complexity index is 1510. The van der Waals surface area contributed by atoms with E-state index < -0.39 is 11.9 Å². The maximum Gasteiger partial charge on any atom is 0.339 e. The molecule has 0 aliphatic rings. The quantitative estimate of drug-likeness (QED) is 0.452. The van der Waals surface area contributed by atoms with E-state index >= 15 is 0 Å². The number of aromatic nitrogens is 5. The number of carbonyl (C=O) groups excluding carboxylic acids is 1. The maximum atomic E-state index is 12.7. The van der Waals surface area contributed by atoms with Crippen molar-refractivity contribution in [3.05, 3.63) is 77.1 Å². The standard InChI is InChI=1S/C22H13N7O4/c1-33-21-17(11-24-12-25-21)26-20(30)15-8-13(7-14(9-15)10-23)4-5-18-27-28-19-16(22(31)32)3-2-6-29(18)19/h2-3,6-9,11-12H,1H3,(H,26,30)(H,31,32). The van der Waals surface area contributed by atoms with Gasteiger partial charge in [-0.2, -0.15) is 10.2 Å². The number of methoxy groups -OCH3 is 1. The fourth-order valence-electron chi connectivity index (χ4n) is 2.95. The number of pyridine rings is 1. The number of carbonyl (C=O) groups is 2. The van der Waals surface area contributed by atoms with Crippen molar-refractivity contribution >= 4 is 23.2 Å². The minimum absolute atomic E-state index is 0.0104. The second-order valence-electron chi connectivity index (χ2n) is 6.50. The van der Waals surface area contributed by atoms with Crippen LogP contribution in [0, 0.1) is 23.2 Å². The molecule has 0 saturated heterocycles. The molecular formula is C22H13N7O4. The second-order valence-corrected chi connectivity index (χ2v) is 6.50. The zero-order valence-corrected chi connectivity index (χ0v) is 17.0. The maximum absolute atomic E-state index is 12.7. The molecule has 0 radical (unpaired) electrons. The van der Waals surface area contributed by atoms with E-state index in [-0.39, 0.29) is 39.7 Å². The number of hydrogen-bond acceptors (Lipinski definition) is 8. The van der Waals surface area contributed by atoms with Crippen LogP contribution in [0.2, 0.25) is 0 Å². The van der Waals surface area contributed by atoms with Crippen LogP contribution in [0.3, 0.4) is 0 Å². The summed E-state index contributed by atoms with van der Waals surface area (Å²) in [6.45, 7) is 0. The second kappa shape index (κ2) is 8.83.